The van der Waals surface area contributed by atoms with Gasteiger partial charge in [0.15, 0.2) is 0 Å². The molecule has 0 fully saturated rings. The summed E-state index contributed by atoms with van der Waals surface area (Å²) in [5.41, 5.74) is 5.45. The lowest BCUT2D eigenvalue weighted by molar-refractivity contribution is -0.117. The standard InChI is InChI=1S/C19H16N2OS/c1-21-17-8-7-14(10-15(17)11-19(21)22)16-12-23-18(20-16)9-13-5-3-2-4-6-13/h2-8,10,12H,9,11H2,1H3. The van der Waals surface area contributed by atoms with E-state index in [1.54, 1.807) is 16.2 Å². The number of carbonyl (C=O) groups is 1. The highest BCUT2D eigenvalue weighted by Crippen LogP contribution is 2.32. The predicted molar refractivity (Wildman–Crippen MR) is 93.9 cm³/mol. The second kappa shape index (κ2) is 5.63. The van der Waals surface area contributed by atoms with E-state index in [4.69, 9.17) is 4.98 Å². The molecular weight excluding hydrogens is 304 g/mol. The summed E-state index contributed by atoms with van der Waals surface area (Å²) in [7, 11) is 1.83. The Labute approximate surface area is 139 Å². The van der Waals surface area contributed by atoms with Crippen LogP contribution in [-0.2, 0) is 17.6 Å². The van der Waals surface area contributed by atoms with Gasteiger partial charge in [0.05, 0.1) is 17.1 Å². The van der Waals surface area contributed by atoms with Crippen molar-refractivity contribution in [3.63, 3.8) is 0 Å². The molecule has 0 bridgehead atoms. The average molecular weight is 320 g/mol. The minimum absolute atomic E-state index is 0.153. The van der Waals surface area contributed by atoms with Gasteiger partial charge >= 0.3 is 0 Å². The molecule has 0 saturated heterocycles. The molecule has 0 saturated carbocycles. The lowest BCUT2D eigenvalue weighted by atomic mass is 10.1. The summed E-state index contributed by atoms with van der Waals surface area (Å²) in [6.07, 6.45) is 1.35. The highest BCUT2D eigenvalue weighted by atomic mass is 32.1. The quantitative estimate of drug-likeness (QED) is 0.733. The lowest BCUT2D eigenvalue weighted by Gasteiger charge is -2.09. The molecule has 2 aromatic carbocycles. The fourth-order valence-corrected chi connectivity index (χ4v) is 3.76. The van der Waals surface area contributed by atoms with E-state index in [2.05, 4.69) is 41.8 Å². The van der Waals surface area contributed by atoms with E-state index in [0.717, 1.165) is 33.9 Å². The summed E-state index contributed by atoms with van der Waals surface area (Å²) in [6.45, 7) is 0. The first-order valence-electron chi connectivity index (χ1n) is 7.59. The number of anilines is 1. The first-order chi connectivity index (χ1) is 11.2. The molecule has 1 aliphatic heterocycles. The van der Waals surface area contributed by atoms with E-state index in [0.29, 0.717) is 6.42 Å². The van der Waals surface area contributed by atoms with Crippen molar-refractivity contribution in [1.29, 1.82) is 0 Å². The average Bonchev–Trinajstić information content (AvgIpc) is 3.14. The Morgan fingerprint density at radius 2 is 2.00 bits per heavy atom. The Morgan fingerprint density at radius 1 is 1.17 bits per heavy atom. The molecule has 1 amide bonds. The largest absolute Gasteiger partial charge is 0.315 e. The van der Waals surface area contributed by atoms with Crippen LogP contribution in [0, 0.1) is 0 Å². The molecule has 0 radical (unpaired) electrons. The first-order valence-corrected chi connectivity index (χ1v) is 8.47. The molecule has 114 valence electrons. The van der Waals surface area contributed by atoms with Crippen molar-refractivity contribution in [2.45, 2.75) is 12.8 Å². The van der Waals surface area contributed by atoms with Gasteiger partial charge in [-0.2, -0.15) is 0 Å². The van der Waals surface area contributed by atoms with Crippen LogP contribution in [0.15, 0.2) is 53.9 Å². The van der Waals surface area contributed by atoms with Crippen LogP contribution in [0.25, 0.3) is 11.3 Å². The minimum atomic E-state index is 0.153. The third kappa shape index (κ3) is 2.66. The van der Waals surface area contributed by atoms with Crippen LogP contribution in [0.1, 0.15) is 16.1 Å². The van der Waals surface area contributed by atoms with Gasteiger partial charge < -0.3 is 4.90 Å². The Kier molecular flexibility index (Phi) is 3.46. The Morgan fingerprint density at radius 3 is 2.83 bits per heavy atom. The van der Waals surface area contributed by atoms with Crippen molar-refractivity contribution >= 4 is 22.9 Å². The molecule has 2 heterocycles. The van der Waals surface area contributed by atoms with Gasteiger partial charge in [0.1, 0.15) is 0 Å². The van der Waals surface area contributed by atoms with Crippen molar-refractivity contribution < 1.29 is 4.79 Å². The van der Waals surface area contributed by atoms with E-state index < -0.39 is 0 Å². The Bertz CT molecular complexity index is 870. The minimum Gasteiger partial charge on any atom is -0.315 e. The van der Waals surface area contributed by atoms with E-state index >= 15 is 0 Å². The molecule has 4 heteroatoms. The maximum Gasteiger partial charge on any atom is 0.231 e. The SMILES string of the molecule is CN1C(=O)Cc2cc(-c3csc(Cc4ccccc4)n3)ccc21. The van der Waals surface area contributed by atoms with Gasteiger partial charge in [0, 0.05) is 30.1 Å². The summed E-state index contributed by atoms with van der Waals surface area (Å²) in [5.74, 6) is 0.153. The number of thiazole rings is 1. The maximum atomic E-state index is 11.8. The molecule has 0 aliphatic carbocycles. The zero-order valence-corrected chi connectivity index (χ0v) is 13.6. The van der Waals surface area contributed by atoms with Crippen molar-refractivity contribution in [1.82, 2.24) is 4.98 Å². The van der Waals surface area contributed by atoms with Gasteiger partial charge in [-0.05, 0) is 23.3 Å². The zero-order valence-electron chi connectivity index (χ0n) is 12.8. The second-order valence-corrected chi connectivity index (χ2v) is 6.70. The van der Waals surface area contributed by atoms with E-state index in [9.17, 15) is 4.79 Å². The van der Waals surface area contributed by atoms with Crippen LogP contribution in [0.4, 0.5) is 5.69 Å². The molecule has 3 nitrogen and oxygen atoms in total. The lowest BCUT2D eigenvalue weighted by Crippen LogP contribution is -2.20. The highest BCUT2D eigenvalue weighted by Gasteiger charge is 2.24. The van der Waals surface area contributed by atoms with Gasteiger partial charge in [-0.1, -0.05) is 36.4 Å². The van der Waals surface area contributed by atoms with Gasteiger partial charge in [-0.3, -0.25) is 4.79 Å². The molecule has 4 rings (SSSR count). The Balaban J connectivity index is 1.60. The molecule has 0 N–H and O–H groups in total. The van der Waals surface area contributed by atoms with Gasteiger partial charge in [0.25, 0.3) is 0 Å². The van der Waals surface area contributed by atoms with Crippen LogP contribution < -0.4 is 4.90 Å². The van der Waals surface area contributed by atoms with Crippen LogP contribution >= 0.6 is 11.3 Å². The van der Waals surface area contributed by atoms with Crippen LogP contribution in [-0.4, -0.2) is 17.9 Å². The van der Waals surface area contributed by atoms with Crippen LogP contribution in [0.3, 0.4) is 0 Å². The van der Waals surface area contributed by atoms with Crippen molar-refractivity contribution in [3.05, 3.63) is 70.0 Å². The summed E-state index contributed by atoms with van der Waals surface area (Å²) >= 11 is 1.69. The highest BCUT2D eigenvalue weighted by molar-refractivity contribution is 7.10. The second-order valence-electron chi connectivity index (χ2n) is 5.76. The van der Waals surface area contributed by atoms with Gasteiger partial charge in [0.2, 0.25) is 5.91 Å². The van der Waals surface area contributed by atoms with E-state index in [1.807, 2.05) is 19.2 Å². The number of likely N-dealkylation sites (N-methyl/N-ethyl adjacent to an activating group) is 1. The molecule has 0 atom stereocenters. The first kappa shape index (κ1) is 14.2. The molecule has 3 aromatic rings. The molecule has 1 aromatic heterocycles. The Hall–Kier alpha value is -2.46. The summed E-state index contributed by atoms with van der Waals surface area (Å²) in [4.78, 5) is 18.3. The van der Waals surface area contributed by atoms with Crippen molar-refractivity contribution in [2.24, 2.45) is 0 Å². The summed E-state index contributed by atoms with van der Waals surface area (Å²) in [5, 5.41) is 3.21. The number of aromatic nitrogens is 1. The van der Waals surface area contributed by atoms with Crippen molar-refractivity contribution in [3.8, 4) is 11.3 Å². The third-order valence-electron chi connectivity index (χ3n) is 4.20. The fraction of sp³-hybridized carbons (Fsp3) is 0.158. The number of amides is 1. The van der Waals surface area contributed by atoms with Crippen molar-refractivity contribution in [2.75, 3.05) is 11.9 Å². The predicted octanol–water partition coefficient (Wildman–Crippen LogP) is 3.92. The number of hydrogen-bond acceptors (Lipinski definition) is 3. The summed E-state index contributed by atoms with van der Waals surface area (Å²) < 4.78 is 0. The van der Waals surface area contributed by atoms with Gasteiger partial charge in [-0.25, -0.2) is 4.98 Å². The summed E-state index contributed by atoms with van der Waals surface area (Å²) in [6, 6.07) is 16.5. The van der Waals surface area contributed by atoms with Crippen LogP contribution in [0.2, 0.25) is 0 Å². The monoisotopic (exact) mass is 320 g/mol. The molecular formula is C19H16N2OS. The van der Waals surface area contributed by atoms with E-state index in [1.165, 1.54) is 5.56 Å². The molecule has 0 unspecified atom stereocenters. The van der Waals surface area contributed by atoms with Crippen LogP contribution in [0.5, 0.6) is 0 Å². The zero-order chi connectivity index (χ0) is 15.8. The normalized spacial score (nSPS) is 13.4. The van der Waals surface area contributed by atoms with Gasteiger partial charge in [-0.15, -0.1) is 11.3 Å². The molecule has 23 heavy (non-hydrogen) atoms. The maximum absolute atomic E-state index is 11.8. The number of hydrogen-bond donors (Lipinski definition) is 0. The smallest absolute Gasteiger partial charge is 0.231 e. The number of fused-ring (bicyclic) bond motifs is 1. The number of rotatable bonds is 3. The van der Waals surface area contributed by atoms with E-state index in [-0.39, 0.29) is 5.91 Å². The third-order valence-corrected chi connectivity index (χ3v) is 5.05. The number of nitrogens with zero attached hydrogens (tertiary/aromatic N) is 2. The number of carbonyl (C=O) groups excluding carboxylic acids is 1. The number of benzene rings is 2. The topological polar surface area (TPSA) is 33.2 Å². The molecule has 1 aliphatic rings. The molecule has 0 spiro atoms. The fourth-order valence-electron chi connectivity index (χ4n) is 2.92.